The van der Waals surface area contributed by atoms with E-state index in [4.69, 9.17) is 0 Å². The van der Waals surface area contributed by atoms with Gasteiger partial charge in [0.2, 0.25) is 5.95 Å². The average molecular weight is 395 g/mol. The average Bonchev–Trinajstić information content (AvgIpc) is 2.80. The smallest absolute Gasteiger partial charge is 0.258 e. The second-order valence-corrected chi connectivity index (χ2v) is 7.74. The van der Waals surface area contributed by atoms with Crippen LogP contribution in [0.1, 0.15) is 36.5 Å². The second kappa shape index (κ2) is 9.22. The lowest BCUT2D eigenvalue weighted by Gasteiger charge is -2.33. The molecule has 0 atom stereocenters. The first-order valence-corrected chi connectivity index (χ1v) is 10.7. The van der Waals surface area contributed by atoms with Crippen molar-refractivity contribution in [2.75, 3.05) is 60.9 Å². The highest BCUT2D eigenvalue weighted by Crippen LogP contribution is 2.22. The molecule has 1 aromatic heterocycles. The van der Waals surface area contributed by atoms with E-state index >= 15 is 0 Å². The standard InChI is InChI=1S/C22H30N6O/c1-2-26-12-14-28(15-13-26)22-23-16-18(17-24-22)21(29)25-19-6-8-20(9-7-19)27-10-4-3-5-11-27/h6-9,16-17H,2-5,10-15H2,1H3,(H,25,29). The van der Waals surface area contributed by atoms with Crippen molar-refractivity contribution < 1.29 is 4.79 Å². The molecule has 2 aliphatic rings. The van der Waals surface area contributed by atoms with Crippen LogP contribution < -0.4 is 15.1 Å². The summed E-state index contributed by atoms with van der Waals surface area (Å²) in [6.07, 6.45) is 7.06. The van der Waals surface area contributed by atoms with E-state index in [-0.39, 0.29) is 5.91 Å². The molecule has 0 radical (unpaired) electrons. The maximum Gasteiger partial charge on any atom is 0.258 e. The molecule has 0 unspecified atom stereocenters. The lowest BCUT2D eigenvalue weighted by molar-refractivity contribution is 0.102. The third-order valence-corrected chi connectivity index (χ3v) is 5.85. The number of benzene rings is 1. The molecule has 1 N–H and O–H groups in total. The van der Waals surface area contributed by atoms with Crippen molar-refractivity contribution >= 4 is 23.2 Å². The summed E-state index contributed by atoms with van der Waals surface area (Å²) in [5, 5.41) is 2.94. The fraction of sp³-hybridized carbons (Fsp3) is 0.500. The first-order valence-electron chi connectivity index (χ1n) is 10.7. The SMILES string of the molecule is CCN1CCN(c2ncc(C(=O)Nc3ccc(N4CCCCC4)cc3)cn2)CC1. The summed E-state index contributed by atoms with van der Waals surface area (Å²) in [4.78, 5) is 28.4. The molecule has 1 aromatic carbocycles. The van der Waals surface area contributed by atoms with Crippen LogP contribution in [0.25, 0.3) is 0 Å². The highest BCUT2D eigenvalue weighted by atomic mass is 16.1. The maximum absolute atomic E-state index is 12.5. The Labute approximate surface area is 172 Å². The normalized spacial score (nSPS) is 18.0. The van der Waals surface area contributed by atoms with Crippen molar-refractivity contribution in [1.82, 2.24) is 14.9 Å². The number of hydrogen-bond donors (Lipinski definition) is 1. The lowest BCUT2D eigenvalue weighted by Crippen LogP contribution is -2.46. The molecule has 2 aliphatic heterocycles. The molecule has 29 heavy (non-hydrogen) atoms. The highest BCUT2D eigenvalue weighted by Gasteiger charge is 2.18. The third kappa shape index (κ3) is 4.85. The summed E-state index contributed by atoms with van der Waals surface area (Å²) in [6.45, 7) is 9.37. The Morgan fingerprint density at radius 3 is 2.17 bits per heavy atom. The van der Waals surface area contributed by atoms with Crippen LogP contribution in [-0.2, 0) is 0 Å². The van der Waals surface area contributed by atoms with Crippen LogP contribution in [0.3, 0.4) is 0 Å². The minimum absolute atomic E-state index is 0.182. The Morgan fingerprint density at radius 1 is 0.897 bits per heavy atom. The van der Waals surface area contributed by atoms with Gasteiger partial charge in [0.1, 0.15) is 0 Å². The summed E-state index contributed by atoms with van der Waals surface area (Å²) in [5.74, 6) is 0.515. The molecule has 154 valence electrons. The molecule has 0 saturated carbocycles. The van der Waals surface area contributed by atoms with Gasteiger partial charge in [0, 0.05) is 63.0 Å². The minimum atomic E-state index is -0.182. The number of nitrogens with zero attached hydrogens (tertiary/aromatic N) is 5. The van der Waals surface area contributed by atoms with E-state index in [1.165, 1.54) is 24.9 Å². The number of amides is 1. The molecular weight excluding hydrogens is 364 g/mol. The van der Waals surface area contributed by atoms with Crippen LogP contribution in [0.4, 0.5) is 17.3 Å². The molecule has 2 saturated heterocycles. The minimum Gasteiger partial charge on any atom is -0.372 e. The molecular formula is C22H30N6O. The number of piperazine rings is 1. The van der Waals surface area contributed by atoms with Crippen LogP contribution in [-0.4, -0.2) is 66.6 Å². The predicted molar refractivity (Wildman–Crippen MR) is 117 cm³/mol. The Kier molecular flexibility index (Phi) is 6.24. The Bertz CT molecular complexity index is 793. The van der Waals surface area contributed by atoms with Gasteiger partial charge in [-0.2, -0.15) is 0 Å². The number of likely N-dealkylation sites (N-methyl/N-ethyl adjacent to an activating group) is 1. The van der Waals surface area contributed by atoms with E-state index in [1.807, 2.05) is 12.1 Å². The molecule has 2 aromatic rings. The molecule has 4 rings (SSSR count). The first kappa shape index (κ1) is 19.6. The first-order chi connectivity index (χ1) is 14.2. The Hall–Kier alpha value is -2.67. The van der Waals surface area contributed by atoms with Gasteiger partial charge in [-0.25, -0.2) is 9.97 Å². The van der Waals surface area contributed by atoms with Crippen LogP contribution in [0.5, 0.6) is 0 Å². The molecule has 0 aliphatic carbocycles. The monoisotopic (exact) mass is 394 g/mol. The van der Waals surface area contributed by atoms with Gasteiger partial charge in [0.05, 0.1) is 5.56 Å². The predicted octanol–water partition coefficient (Wildman–Crippen LogP) is 2.86. The fourth-order valence-corrected chi connectivity index (χ4v) is 3.98. The van der Waals surface area contributed by atoms with E-state index in [2.05, 4.69) is 49.0 Å². The van der Waals surface area contributed by atoms with E-state index in [0.29, 0.717) is 11.5 Å². The number of nitrogens with one attached hydrogen (secondary N) is 1. The van der Waals surface area contributed by atoms with Gasteiger partial charge in [-0.1, -0.05) is 6.92 Å². The molecule has 1 amide bonds. The lowest BCUT2D eigenvalue weighted by atomic mass is 10.1. The summed E-state index contributed by atoms with van der Waals surface area (Å²) in [5.41, 5.74) is 2.48. The summed E-state index contributed by atoms with van der Waals surface area (Å²) in [6, 6.07) is 8.08. The quantitative estimate of drug-likeness (QED) is 0.841. The van der Waals surface area contributed by atoms with E-state index in [0.717, 1.165) is 51.5 Å². The van der Waals surface area contributed by atoms with Crippen molar-refractivity contribution in [3.8, 4) is 0 Å². The van der Waals surface area contributed by atoms with Gasteiger partial charge in [0.25, 0.3) is 5.91 Å². The van der Waals surface area contributed by atoms with Crippen molar-refractivity contribution in [1.29, 1.82) is 0 Å². The molecule has 3 heterocycles. The summed E-state index contributed by atoms with van der Waals surface area (Å²) in [7, 11) is 0. The molecule has 7 heteroatoms. The largest absolute Gasteiger partial charge is 0.372 e. The van der Waals surface area contributed by atoms with Gasteiger partial charge >= 0.3 is 0 Å². The number of anilines is 3. The third-order valence-electron chi connectivity index (χ3n) is 5.85. The fourth-order valence-electron chi connectivity index (χ4n) is 3.98. The second-order valence-electron chi connectivity index (χ2n) is 7.74. The highest BCUT2D eigenvalue weighted by molar-refractivity contribution is 6.03. The van der Waals surface area contributed by atoms with Crippen LogP contribution >= 0.6 is 0 Å². The number of hydrogen-bond acceptors (Lipinski definition) is 6. The zero-order valence-corrected chi connectivity index (χ0v) is 17.2. The van der Waals surface area contributed by atoms with Gasteiger partial charge < -0.3 is 20.0 Å². The Morgan fingerprint density at radius 2 is 1.55 bits per heavy atom. The van der Waals surface area contributed by atoms with Gasteiger partial charge in [0.15, 0.2) is 0 Å². The van der Waals surface area contributed by atoms with Gasteiger partial charge in [-0.15, -0.1) is 0 Å². The van der Waals surface area contributed by atoms with Crippen molar-refractivity contribution in [3.05, 3.63) is 42.2 Å². The summed E-state index contributed by atoms with van der Waals surface area (Å²) >= 11 is 0. The molecule has 2 fully saturated rings. The molecule has 0 spiro atoms. The van der Waals surface area contributed by atoms with E-state index in [9.17, 15) is 4.79 Å². The van der Waals surface area contributed by atoms with E-state index in [1.54, 1.807) is 12.4 Å². The molecule has 0 bridgehead atoms. The van der Waals surface area contributed by atoms with Crippen LogP contribution in [0.15, 0.2) is 36.7 Å². The van der Waals surface area contributed by atoms with E-state index < -0.39 is 0 Å². The zero-order valence-electron chi connectivity index (χ0n) is 17.2. The number of aromatic nitrogens is 2. The van der Waals surface area contributed by atoms with Crippen molar-refractivity contribution in [2.24, 2.45) is 0 Å². The number of piperidine rings is 1. The van der Waals surface area contributed by atoms with Crippen molar-refractivity contribution in [2.45, 2.75) is 26.2 Å². The zero-order chi connectivity index (χ0) is 20.1. The van der Waals surface area contributed by atoms with Gasteiger partial charge in [-0.05, 0) is 50.1 Å². The summed E-state index contributed by atoms with van der Waals surface area (Å²) < 4.78 is 0. The number of rotatable bonds is 5. The van der Waals surface area contributed by atoms with Crippen LogP contribution in [0, 0.1) is 0 Å². The van der Waals surface area contributed by atoms with Gasteiger partial charge in [-0.3, -0.25) is 4.79 Å². The van der Waals surface area contributed by atoms with Crippen molar-refractivity contribution in [3.63, 3.8) is 0 Å². The maximum atomic E-state index is 12.5. The number of carbonyl (C=O) groups excluding carboxylic acids is 1. The van der Waals surface area contributed by atoms with Crippen LogP contribution in [0.2, 0.25) is 0 Å². The molecule has 7 nitrogen and oxygen atoms in total. The Balaban J connectivity index is 1.33. The number of carbonyl (C=O) groups is 1. The topological polar surface area (TPSA) is 64.6 Å².